The number of ether oxygens (including phenoxy) is 1. The van der Waals surface area contributed by atoms with Gasteiger partial charge in [-0.1, -0.05) is 18.9 Å². The lowest BCUT2D eigenvalue weighted by atomic mass is 9.81. The average Bonchev–Trinajstić information content (AvgIpc) is 2.72. The van der Waals surface area contributed by atoms with Gasteiger partial charge in [-0.2, -0.15) is 0 Å². The zero-order chi connectivity index (χ0) is 13.4. The highest BCUT2D eigenvalue weighted by Gasteiger charge is 2.48. The number of carbonyl (C=O) groups excluding carboxylic acids is 2. The van der Waals surface area contributed by atoms with Gasteiger partial charge in [-0.25, -0.2) is 4.90 Å². The molecule has 100 valence electrons. The lowest BCUT2D eigenvalue weighted by Crippen LogP contribution is -2.30. The molecule has 4 nitrogen and oxygen atoms in total. The van der Waals surface area contributed by atoms with E-state index in [9.17, 15) is 9.59 Å². The van der Waals surface area contributed by atoms with E-state index in [-0.39, 0.29) is 23.7 Å². The topological polar surface area (TPSA) is 46.6 Å². The molecule has 2 atom stereocenters. The van der Waals surface area contributed by atoms with Crippen molar-refractivity contribution in [1.82, 2.24) is 0 Å². The Bertz CT molecular complexity index is 502. The van der Waals surface area contributed by atoms with Crippen LogP contribution in [0.25, 0.3) is 0 Å². The van der Waals surface area contributed by atoms with Crippen LogP contribution in [0.1, 0.15) is 25.7 Å². The third-order valence-electron chi connectivity index (χ3n) is 4.15. The van der Waals surface area contributed by atoms with Gasteiger partial charge < -0.3 is 4.74 Å². The smallest absolute Gasteiger partial charge is 0.237 e. The highest BCUT2D eigenvalue weighted by atomic mass is 16.5. The number of rotatable bonds is 2. The maximum Gasteiger partial charge on any atom is 0.237 e. The third kappa shape index (κ3) is 1.91. The first-order chi connectivity index (χ1) is 9.22. The summed E-state index contributed by atoms with van der Waals surface area (Å²) in [7, 11) is 1.58. The summed E-state index contributed by atoms with van der Waals surface area (Å²) in [6, 6.07) is 7.14. The quantitative estimate of drug-likeness (QED) is 0.766. The minimum absolute atomic E-state index is 0.0389. The van der Waals surface area contributed by atoms with Crippen molar-refractivity contribution in [3.63, 3.8) is 0 Å². The number of imide groups is 1. The Morgan fingerprint density at radius 3 is 2.32 bits per heavy atom. The molecule has 1 aliphatic carbocycles. The fraction of sp³-hybridized carbons (Fsp3) is 0.467. The SMILES string of the molecule is COc1cccc(N2C(=O)C3CCCCC3C2=O)c1. The van der Waals surface area contributed by atoms with Crippen LogP contribution in [0.4, 0.5) is 5.69 Å². The van der Waals surface area contributed by atoms with Crippen LogP contribution in [0.5, 0.6) is 5.75 Å². The van der Waals surface area contributed by atoms with Gasteiger partial charge in [0.15, 0.2) is 0 Å². The Balaban J connectivity index is 1.95. The molecule has 2 fully saturated rings. The summed E-state index contributed by atoms with van der Waals surface area (Å²) >= 11 is 0. The Hall–Kier alpha value is -1.84. The van der Waals surface area contributed by atoms with Crippen LogP contribution in [0.3, 0.4) is 0 Å². The molecule has 2 aliphatic rings. The number of methoxy groups -OCH3 is 1. The van der Waals surface area contributed by atoms with Crippen LogP contribution in [-0.4, -0.2) is 18.9 Å². The second-order valence-corrected chi connectivity index (χ2v) is 5.21. The van der Waals surface area contributed by atoms with Gasteiger partial charge in [0.25, 0.3) is 0 Å². The summed E-state index contributed by atoms with van der Waals surface area (Å²) in [6.07, 6.45) is 3.78. The van der Waals surface area contributed by atoms with E-state index in [1.807, 2.05) is 6.07 Å². The number of amides is 2. The number of hydrogen-bond donors (Lipinski definition) is 0. The maximum absolute atomic E-state index is 12.4. The third-order valence-corrected chi connectivity index (χ3v) is 4.15. The van der Waals surface area contributed by atoms with E-state index in [1.54, 1.807) is 25.3 Å². The zero-order valence-corrected chi connectivity index (χ0v) is 11.0. The molecule has 0 bridgehead atoms. The Kier molecular flexibility index (Phi) is 3.01. The summed E-state index contributed by atoms with van der Waals surface area (Å²) < 4.78 is 5.15. The first kappa shape index (κ1) is 12.2. The molecule has 1 aromatic rings. The van der Waals surface area contributed by atoms with Crippen LogP contribution in [0.15, 0.2) is 24.3 Å². The first-order valence-electron chi connectivity index (χ1n) is 6.74. The van der Waals surface area contributed by atoms with Crippen LogP contribution in [0, 0.1) is 11.8 Å². The van der Waals surface area contributed by atoms with E-state index < -0.39 is 0 Å². The molecular weight excluding hydrogens is 242 g/mol. The van der Waals surface area contributed by atoms with Crippen LogP contribution < -0.4 is 9.64 Å². The lowest BCUT2D eigenvalue weighted by molar-refractivity contribution is -0.122. The fourth-order valence-corrected chi connectivity index (χ4v) is 3.17. The second kappa shape index (κ2) is 4.68. The monoisotopic (exact) mass is 259 g/mol. The standard InChI is InChI=1S/C15H17NO3/c1-19-11-6-4-5-10(9-11)16-14(17)12-7-2-3-8-13(12)15(16)18/h4-6,9,12-13H,2-3,7-8H2,1H3. The van der Waals surface area contributed by atoms with Crippen molar-refractivity contribution >= 4 is 17.5 Å². The number of carbonyl (C=O) groups is 2. The number of fused-ring (bicyclic) bond motifs is 1. The van der Waals surface area contributed by atoms with Crippen molar-refractivity contribution in [3.8, 4) is 5.75 Å². The minimum atomic E-state index is -0.104. The van der Waals surface area contributed by atoms with Gasteiger partial charge in [0.2, 0.25) is 11.8 Å². The Morgan fingerprint density at radius 1 is 1.11 bits per heavy atom. The molecule has 19 heavy (non-hydrogen) atoms. The fourth-order valence-electron chi connectivity index (χ4n) is 3.17. The summed E-state index contributed by atoms with van der Waals surface area (Å²) in [6.45, 7) is 0. The van der Waals surface area contributed by atoms with E-state index >= 15 is 0 Å². The van der Waals surface area contributed by atoms with Crippen molar-refractivity contribution in [2.45, 2.75) is 25.7 Å². The molecule has 2 amide bonds. The molecule has 0 aromatic heterocycles. The largest absolute Gasteiger partial charge is 0.497 e. The van der Waals surface area contributed by atoms with E-state index in [2.05, 4.69) is 0 Å². The minimum Gasteiger partial charge on any atom is -0.497 e. The molecule has 1 aliphatic heterocycles. The van der Waals surface area contributed by atoms with Gasteiger partial charge in [0.05, 0.1) is 24.6 Å². The molecule has 1 saturated carbocycles. The average molecular weight is 259 g/mol. The van der Waals surface area contributed by atoms with E-state index in [0.717, 1.165) is 25.7 Å². The van der Waals surface area contributed by atoms with Gasteiger partial charge in [-0.15, -0.1) is 0 Å². The number of benzene rings is 1. The first-order valence-corrected chi connectivity index (χ1v) is 6.74. The van der Waals surface area contributed by atoms with E-state index in [1.165, 1.54) is 4.90 Å². The number of hydrogen-bond acceptors (Lipinski definition) is 3. The lowest BCUT2D eigenvalue weighted by Gasteiger charge is -2.19. The molecule has 1 aromatic carbocycles. The van der Waals surface area contributed by atoms with Crippen molar-refractivity contribution in [2.24, 2.45) is 11.8 Å². The highest BCUT2D eigenvalue weighted by Crippen LogP contribution is 2.40. The maximum atomic E-state index is 12.4. The zero-order valence-electron chi connectivity index (χ0n) is 11.0. The van der Waals surface area contributed by atoms with Crippen molar-refractivity contribution < 1.29 is 14.3 Å². The van der Waals surface area contributed by atoms with Gasteiger partial charge in [0.1, 0.15) is 5.75 Å². The van der Waals surface area contributed by atoms with Gasteiger partial charge in [-0.3, -0.25) is 9.59 Å². The highest BCUT2D eigenvalue weighted by molar-refractivity contribution is 6.22. The summed E-state index contributed by atoms with van der Waals surface area (Å²) in [5, 5.41) is 0. The molecule has 0 spiro atoms. The van der Waals surface area contributed by atoms with Crippen molar-refractivity contribution in [2.75, 3.05) is 12.0 Å². The predicted octanol–water partition coefficient (Wildman–Crippen LogP) is 2.37. The van der Waals surface area contributed by atoms with Crippen LogP contribution >= 0.6 is 0 Å². The molecule has 3 rings (SSSR count). The Morgan fingerprint density at radius 2 is 1.74 bits per heavy atom. The van der Waals surface area contributed by atoms with E-state index in [0.29, 0.717) is 11.4 Å². The summed E-state index contributed by atoms with van der Waals surface area (Å²) in [5.74, 6) is 0.374. The van der Waals surface area contributed by atoms with Gasteiger partial charge >= 0.3 is 0 Å². The molecule has 0 N–H and O–H groups in total. The molecular formula is C15H17NO3. The normalized spacial score (nSPS) is 26.5. The number of anilines is 1. The predicted molar refractivity (Wildman–Crippen MR) is 70.9 cm³/mol. The molecule has 2 unspecified atom stereocenters. The van der Waals surface area contributed by atoms with Crippen LogP contribution in [0.2, 0.25) is 0 Å². The molecule has 4 heteroatoms. The Labute approximate surface area is 112 Å². The molecule has 0 radical (unpaired) electrons. The van der Waals surface area contributed by atoms with Crippen molar-refractivity contribution in [3.05, 3.63) is 24.3 Å². The second-order valence-electron chi connectivity index (χ2n) is 5.21. The van der Waals surface area contributed by atoms with Crippen LogP contribution in [-0.2, 0) is 9.59 Å². The van der Waals surface area contributed by atoms with Gasteiger partial charge in [-0.05, 0) is 25.0 Å². The van der Waals surface area contributed by atoms with Crippen molar-refractivity contribution in [1.29, 1.82) is 0 Å². The summed E-state index contributed by atoms with van der Waals surface area (Å²) in [5.41, 5.74) is 0.628. The van der Waals surface area contributed by atoms with Gasteiger partial charge in [0, 0.05) is 6.07 Å². The number of nitrogens with zero attached hydrogens (tertiary/aromatic N) is 1. The summed E-state index contributed by atoms with van der Waals surface area (Å²) in [4.78, 5) is 26.2. The molecule has 1 heterocycles. The van der Waals surface area contributed by atoms with E-state index in [4.69, 9.17) is 4.74 Å². The molecule has 1 saturated heterocycles.